The van der Waals surface area contributed by atoms with Crippen molar-refractivity contribution < 1.29 is 68.2 Å². The number of hydrogen-bond donors (Lipinski definition) is 0. The van der Waals surface area contributed by atoms with Crippen LogP contribution in [0.4, 0.5) is 0 Å². The molecule has 0 saturated heterocycles. The third-order valence-electron chi connectivity index (χ3n) is 17.4. The molecule has 524 valence electrons. The molecule has 0 aliphatic carbocycles. The van der Waals surface area contributed by atoms with Crippen LogP contribution in [0, 0.1) is 47.3 Å². The van der Waals surface area contributed by atoms with E-state index < -0.39 is 0 Å². The molecule has 0 radical (unpaired) electrons. The Morgan fingerprint density at radius 1 is 0.220 bits per heavy atom. The summed E-state index contributed by atoms with van der Waals surface area (Å²) in [5.41, 5.74) is 10.7. The van der Waals surface area contributed by atoms with Gasteiger partial charge in [-0.15, -0.1) is 137 Å². The van der Waals surface area contributed by atoms with Gasteiger partial charge in [-0.05, 0) is 119 Å². The van der Waals surface area contributed by atoms with Gasteiger partial charge in [0.2, 0.25) is 0 Å². The molecule has 12 rings (SSSR count). The number of benzene rings is 8. The largest absolute Gasteiger partial charge is 2.00 e. The van der Waals surface area contributed by atoms with E-state index in [0.717, 1.165) is 47.3 Å². The Morgan fingerprint density at radius 3 is 0.530 bits per heavy atom. The van der Waals surface area contributed by atoms with Gasteiger partial charge < -0.3 is 24.8 Å². The second-order valence-corrected chi connectivity index (χ2v) is 39.6. The maximum atomic E-state index is 2.48. The molecule has 0 nitrogen and oxygen atoms in total. The molecule has 0 saturated carbocycles. The minimum absolute atomic E-state index is 0. The second-order valence-electron chi connectivity index (χ2n) is 30.3. The van der Waals surface area contributed by atoms with Crippen LogP contribution >= 0.6 is 31.7 Å². The molecule has 0 atom stereocenters. The Balaban J connectivity index is 0.000000237. The van der Waals surface area contributed by atoms with Crippen LogP contribution in [-0.4, -0.2) is 49.3 Å². The number of rotatable bonds is 24. The first kappa shape index (κ1) is 86.6. The number of hydrogen-bond acceptors (Lipinski definition) is 0. The summed E-state index contributed by atoms with van der Waals surface area (Å²) in [5, 5.41) is 17.6. The monoisotopic (exact) mass is 1510 g/mol. The molecule has 0 amide bonds. The van der Waals surface area contributed by atoms with Crippen molar-refractivity contribution in [2.24, 2.45) is 47.3 Å². The topological polar surface area (TPSA) is 0 Å². The van der Waals surface area contributed by atoms with Crippen LogP contribution in [0.3, 0.4) is 0 Å². The van der Waals surface area contributed by atoms with Gasteiger partial charge in [0.05, 0.1) is 0 Å². The van der Waals surface area contributed by atoms with Crippen LogP contribution in [-0.2, 0) is 43.4 Å². The summed E-state index contributed by atoms with van der Waals surface area (Å²) in [6.07, 6.45) is 10.7. The van der Waals surface area contributed by atoms with Gasteiger partial charge in [0.25, 0.3) is 0 Å². The standard InChI is InChI=1S/4C23H28P.2ClH.2Ti/c4*1-17(2)15-24(16-18(3)4)21-13-20-11-8-12-22(23(20)14-21)19-9-6-5-7-10-19;;;;/h4*5-14,17-18H,15-16H2,1-4H3;2*1H;;/q4*-1;;;2*+2/p-2. The van der Waals surface area contributed by atoms with Gasteiger partial charge in [0.15, 0.2) is 0 Å². The minimum Gasteiger partial charge on any atom is -1.00 e. The second kappa shape index (κ2) is 42.8. The molecule has 100 heavy (non-hydrogen) atoms. The van der Waals surface area contributed by atoms with E-state index in [1.54, 1.807) is 21.2 Å². The quantitative estimate of drug-likeness (QED) is 0.0321. The summed E-state index contributed by atoms with van der Waals surface area (Å²) in [6, 6.07) is 89.7. The zero-order chi connectivity index (χ0) is 68.4. The summed E-state index contributed by atoms with van der Waals surface area (Å²) in [4.78, 5) is 0. The van der Waals surface area contributed by atoms with Gasteiger partial charge in [0, 0.05) is 0 Å². The van der Waals surface area contributed by atoms with Gasteiger partial charge in [-0.3, -0.25) is 0 Å². The first-order valence-corrected chi connectivity index (χ1v) is 43.0. The summed E-state index contributed by atoms with van der Waals surface area (Å²) >= 11 is 0. The fourth-order valence-corrected chi connectivity index (χ4v) is 25.6. The predicted octanol–water partition coefficient (Wildman–Crippen LogP) is 20.6. The predicted molar refractivity (Wildman–Crippen MR) is 444 cm³/mol. The van der Waals surface area contributed by atoms with Gasteiger partial charge in [-0.25, -0.2) is 0 Å². The zero-order valence-corrected chi connectivity index (χ0v) is 71.1. The van der Waals surface area contributed by atoms with E-state index in [4.69, 9.17) is 0 Å². The van der Waals surface area contributed by atoms with Gasteiger partial charge >= 0.3 is 43.4 Å². The molecule has 0 aromatic heterocycles. The molecule has 0 unspecified atom stereocenters. The van der Waals surface area contributed by atoms with Crippen molar-refractivity contribution in [2.75, 3.05) is 49.3 Å². The van der Waals surface area contributed by atoms with E-state index >= 15 is 0 Å². The molecule has 0 bridgehead atoms. The Kier molecular flexibility index (Phi) is 37.0. The maximum Gasteiger partial charge on any atom is 2.00 e. The van der Waals surface area contributed by atoms with Gasteiger partial charge in [-0.2, -0.15) is 24.3 Å². The maximum absolute atomic E-state index is 2.48. The molecule has 0 heterocycles. The number of fused-ring (bicyclic) bond motifs is 4. The van der Waals surface area contributed by atoms with Crippen LogP contribution in [0.1, 0.15) is 111 Å². The first-order valence-electron chi connectivity index (χ1n) is 36.2. The average Bonchev–Trinajstić information content (AvgIpc) is 1.64. The van der Waals surface area contributed by atoms with E-state index in [1.807, 2.05) is 0 Å². The Labute approximate surface area is 653 Å². The molecule has 0 spiro atoms. The van der Waals surface area contributed by atoms with E-state index in [9.17, 15) is 0 Å². The summed E-state index contributed by atoms with van der Waals surface area (Å²) in [6.45, 7) is 37.7. The molecule has 0 fully saturated rings. The molecule has 12 aromatic carbocycles. The van der Waals surface area contributed by atoms with Crippen LogP contribution in [0.25, 0.3) is 87.6 Å². The molecule has 0 aliphatic heterocycles. The smallest absolute Gasteiger partial charge is 1.00 e. The van der Waals surface area contributed by atoms with Gasteiger partial charge in [0.1, 0.15) is 0 Å². The normalized spacial score (nSPS) is 11.5. The summed E-state index contributed by atoms with van der Waals surface area (Å²) in [5.74, 6) is 6.12. The van der Waals surface area contributed by atoms with Crippen LogP contribution < -0.4 is 46.0 Å². The summed E-state index contributed by atoms with van der Waals surface area (Å²) in [7, 11) is -0.251. The van der Waals surface area contributed by atoms with Crippen molar-refractivity contribution in [1.82, 2.24) is 0 Å². The van der Waals surface area contributed by atoms with E-state index in [0.29, 0.717) is 0 Å². The third kappa shape index (κ3) is 25.1. The van der Waals surface area contributed by atoms with E-state index in [1.165, 1.54) is 137 Å². The molecule has 8 heteroatoms. The van der Waals surface area contributed by atoms with Crippen molar-refractivity contribution in [1.29, 1.82) is 0 Å². The molecule has 12 aromatic rings. The van der Waals surface area contributed by atoms with Crippen LogP contribution in [0.5, 0.6) is 0 Å². The molecular formula is C92H112Cl2P4Ti2-2. The van der Waals surface area contributed by atoms with Crippen molar-refractivity contribution in [3.63, 3.8) is 0 Å². The van der Waals surface area contributed by atoms with Crippen molar-refractivity contribution in [3.8, 4) is 44.5 Å². The van der Waals surface area contributed by atoms with Crippen molar-refractivity contribution >= 4 is 96.0 Å². The Morgan fingerprint density at radius 2 is 0.380 bits per heavy atom. The fourth-order valence-electron chi connectivity index (χ4n) is 13.8. The Hall–Kier alpha value is -4.07. The molecule has 0 aliphatic rings. The molecular weight excluding hydrogens is 1400 g/mol. The fraction of sp³-hybridized carbons (Fsp3) is 0.348. The minimum atomic E-state index is -0.0628. The van der Waals surface area contributed by atoms with Crippen LogP contribution in [0.2, 0.25) is 0 Å². The SMILES string of the molecule is CC(C)CP(CC(C)C)c1cc2c(-c3ccccc3)cccc2[cH-]1.CC(C)CP(CC(C)C)c1cc2c(-c3ccccc3)cccc2[cH-]1.CC(C)CP(CC(C)C)c1cc2c(-c3ccccc3)cccc2[cH-]1.CC(C)CP(CC(C)C)c1cc2c(-c3ccccc3)cccc2[cH-]1.[Cl-].[Cl-].[Ti+2].[Ti+2]. The zero-order valence-electron chi connectivity index (χ0n) is 62.9. The summed E-state index contributed by atoms with van der Waals surface area (Å²) < 4.78 is 0. The van der Waals surface area contributed by atoms with E-state index in [-0.39, 0.29) is 99.9 Å². The van der Waals surface area contributed by atoms with Gasteiger partial charge in [-0.1, -0.05) is 310 Å². The number of halogens is 2. The van der Waals surface area contributed by atoms with Crippen LogP contribution in [0.15, 0.2) is 243 Å². The van der Waals surface area contributed by atoms with Crippen molar-refractivity contribution in [3.05, 3.63) is 243 Å². The van der Waals surface area contributed by atoms with E-state index in [2.05, 4.69) is 353 Å². The Bertz CT molecular complexity index is 3660. The molecule has 0 N–H and O–H groups in total. The van der Waals surface area contributed by atoms with Crippen molar-refractivity contribution in [2.45, 2.75) is 111 Å². The average molecular weight is 1510 g/mol. The first-order chi connectivity index (χ1) is 46.2. The third-order valence-corrected chi connectivity index (χ3v) is 30.7.